The lowest BCUT2D eigenvalue weighted by Gasteiger charge is -2.46. The van der Waals surface area contributed by atoms with Crippen molar-refractivity contribution in [3.8, 4) is 11.5 Å². The molecule has 9 nitrogen and oxygen atoms in total. The smallest absolute Gasteiger partial charge is 0.315 e. The van der Waals surface area contributed by atoms with E-state index in [4.69, 9.17) is 10.3 Å². The second-order valence-corrected chi connectivity index (χ2v) is 7.57. The highest BCUT2D eigenvalue weighted by Gasteiger charge is 2.47. The van der Waals surface area contributed by atoms with Gasteiger partial charge < -0.3 is 25.1 Å². The number of benzene rings is 1. The molecule has 1 aromatic carbocycles. The number of hydrogen-bond donors (Lipinski definition) is 1. The number of nitrogens with zero attached hydrogens (tertiary/aromatic N) is 4. The molecule has 0 saturated carbocycles. The zero-order valence-corrected chi connectivity index (χ0v) is 17.2. The highest BCUT2D eigenvalue weighted by molar-refractivity contribution is 5.89. The van der Waals surface area contributed by atoms with Gasteiger partial charge in [-0.1, -0.05) is 5.16 Å². The molecule has 3 rings (SSSR count). The van der Waals surface area contributed by atoms with Crippen LogP contribution in [0.15, 0.2) is 22.7 Å². The molecule has 2 heterocycles. The molecule has 1 unspecified atom stereocenters. The summed E-state index contributed by atoms with van der Waals surface area (Å²) in [5, 5.41) is 15.7. The fourth-order valence-corrected chi connectivity index (χ4v) is 4.13. The molecule has 1 aliphatic heterocycles. The number of aromatic nitrogens is 2. The predicted molar refractivity (Wildman–Crippen MR) is 105 cm³/mol. The largest absolute Gasteiger partial charge is 0.530 e. The van der Waals surface area contributed by atoms with Crippen molar-refractivity contribution in [1.82, 2.24) is 19.5 Å². The summed E-state index contributed by atoms with van der Waals surface area (Å²) >= 11 is 0. The highest BCUT2D eigenvalue weighted by Crippen LogP contribution is 2.45. The molecule has 0 bridgehead atoms. The molecule has 0 radical (unpaired) electrons. The van der Waals surface area contributed by atoms with Crippen molar-refractivity contribution in [3.05, 3.63) is 29.6 Å². The summed E-state index contributed by atoms with van der Waals surface area (Å²) in [6, 6.07) is 5.00. The van der Waals surface area contributed by atoms with Gasteiger partial charge in [-0.3, -0.25) is 0 Å². The number of quaternary nitrogens is 1. The summed E-state index contributed by atoms with van der Waals surface area (Å²) in [5.74, 6) is 0.839. The molecule has 1 aliphatic rings. The van der Waals surface area contributed by atoms with E-state index in [1.807, 2.05) is 32.2 Å². The Labute approximate surface area is 169 Å². The number of carbonyl (C=O) groups is 2. The molecule has 0 fully saturated rings. The van der Waals surface area contributed by atoms with Gasteiger partial charge in [-0.2, -0.15) is 4.98 Å². The zero-order valence-electron chi connectivity index (χ0n) is 17.2. The second kappa shape index (κ2) is 7.92. The first-order valence-corrected chi connectivity index (χ1v) is 9.76. The Bertz CT molecular complexity index is 927. The maximum Gasteiger partial charge on any atom is 0.315 e. The maximum atomic E-state index is 12.6. The number of carbonyl (C=O) groups excluding carboxylic acids is 2. The van der Waals surface area contributed by atoms with Crippen LogP contribution < -0.4 is 15.3 Å². The Morgan fingerprint density at radius 2 is 2.14 bits per heavy atom. The molecule has 9 heteroatoms. The van der Waals surface area contributed by atoms with Gasteiger partial charge >= 0.3 is 5.91 Å². The van der Waals surface area contributed by atoms with Gasteiger partial charge in [0.05, 0.1) is 26.1 Å². The van der Waals surface area contributed by atoms with E-state index in [1.54, 1.807) is 13.8 Å². The van der Waals surface area contributed by atoms with Crippen LogP contribution in [0, 0.1) is 0 Å². The van der Waals surface area contributed by atoms with Gasteiger partial charge in [-0.15, -0.1) is 0 Å². The maximum absolute atomic E-state index is 12.6. The van der Waals surface area contributed by atoms with Crippen molar-refractivity contribution in [2.75, 3.05) is 20.1 Å². The molecular weight excluding hydrogens is 374 g/mol. The average Bonchev–Trinajstić information content (AvgIpc) is 3.14. The van der Waals surface area contributed by atoms with Crippen LogP contribution in [-0.4, -0.2) is 53.2 Å². The van der Waals surface area contributed by atoms with Gasteiger partial charge in [0.2, 0.25) is 0 Å². The van der Waals surface area contributed by atoms with Crippen molar-refractivity contribution >= 4 is 17.7 Å². The predicted octanol–water partition coefficient (Wildman–Crippen LogP) is 1.22. The van der Waals surface area contributed by atoms with Crippen LogP contribution in [0.4, 0.5) is 10.5 Å². The van der Waals surface area contributed by atoms with E-state index in [0.717, 1.165) is 11.3 Å². The van der Waals surface area contributed by atoms with E-state index in [9.17, 15) is 14.7 Å². The van der Waals surface area contributed by atoms with E-state index in [0.29, 0.717) is 36.7 Å². The number of fused-ring (bicyclic) bond motifs is 1. The van der Waals surface area contributed by atoms with Crippen molar-refractivity contribution < 1.29 is 19.2 Å². The third-order valence-electron chi connectivity index (χ3n) is 6.02. The molecule has 0 aliphatic carbocycles. The molecule has 0 saturated heterocycles. The third kappa shape index (κ3) is 3.51. The first-order chi connectivity index (χ1) is 13.7. The van der Waals surface area contributed by atoms with E-state index in [1.165, 1.54) is 4.90 Å². The third-order valence-corrected chi connectivity index (χ3v) is 6.02. The van der Waals surface area contributed by atoms with E-state index >= 15 is 0 Å². The number of amides is 2. The Morgan fingerprint density at radius 1 is 1.41 bits per heavy atom. The Balaban J connectivity index is 2.16. The van der Waals surface area contributed by atoms with Crippen LogP contribution in [-0.2, 0) is 11.2 Å². The Kier molecular flexibility index (Phi) is 5.72. The minimum absolute atomic E-state index is 0.00975. The Hall–Kier alpha value is -2.78. The summed E-state index contributed by atoms with van der Waals surface area (Å²) in [6.07, 6.45) is -0.235. The molecule has 2 N–H and O–H groups in total. The molecule has 1 aromatic heterocycles. The van der Waals surface area contributed by atoms with Gasteiger partial charge in [0, 0.05) is 36.6 Å². The standard InChI is InChI=1S/C20H27N5O4/c1-5-24(20(27)28)16-10-12(2)25(4,13(3)26)17-7-6-14(11-15(16)17)19-22-18(8-9-21)23-29-19/h6-7,11-12,16H,5,8-10,21H2,1-4H3/t12-,16+,25?/m0/s1. The summed E-state index contributed by atoms with van der Waals surface area (Å²) in [5.41, 5.74) is 7.74. The molecule has 0 spiro atoms. The lowest BCUT2D eigenvalue weighted by Crippen LogP contribution is -2.60. The minimum Gasteiger partial charge on any atom is -0.530 e. The van der Waals surface area contributed by atoms with Gasteiger partial charge in [0.25, 0.3) is 5.89 Å². The number of rotatable bonds is 5. The van der Waals surface area contributed by atoms with Crippen molar-refractivity contribution in [1.29, 1.82) is 0 Å². The van der Waals surface area contributed by atoms with Crippen LogP contribution in [0.1, 0.15) is 44.6 Å². The van der Waals surface area contributed by atoms with Crippen LogP contribution in [0.3, 0.4) is 0 Å². The van der Waals surface area contributed by atoms with Gasteiger partial charge in [0.15, 0.2) is 5.82 Å². The molecular formula is C20H27N5O4. The molecule has 3 atom stereocenters. The summed E-state index contributed by atoms with van der Waals surface area (Å²) in [4.78, 5) is 30.0. The zero-order chi connectivity index (χ0) is 21.3. The number of carboxylic acid groups (broad SMARTS) is 1. The highest BCUT2D eigenvalue weighted by atomic mass is 16.5. The first-order valence-electron chi connectivity index (χ1n) is 9.76. The monoisotopic (exact) mass is 401 g/mol. The SMILES string of the molecule is CCN(C(=O)[O-])[C@@H]1C[C@H](C)[N+](C)(C(C)=O)c2ccc(-c3nc(CCN)no3)cc21. The molecule has 2 aromatic rings. The summed E-state index contributed by atoms with van der Waals surface area (Å²) < 4.78 is 5.45. The fourth-order valence-electron chi connectivity index (χ4n) is 4.13. The molecule has 29 heavy (non-hydrogen) atoms. The average molecular weight is 401 g/mol. The lowest BCUT2D eigenvalue weighted by atomic mass is 9.87. The summed E-state index contributed by atoms with van der Waals surface area (Å²) in [7, 11) is 1.86. The number of nitrogens with two attached hydrogens (primary N) is 1. The van der Waals surface area contributed by atoms with Crippen molar-refractivity contribution in [2.24, 2.45) is 5.73 Å². The second-order valence-electron chi connectivity index (χ2n) is 7.57. The summed E-state index contributed by atoms with van der Waals surface area (Å²) in [6.45, 7) is 5.99. The minimum atomic E-state index is -1.23. The molecule has 2 amide bonds. The van der Waals surface area contributed by atoms with Crippen LogP contribution in [0.25, 0.3) is 11.5 Å². The van der Waals surface area contributed by atoms with E-state index < -0.39 is 12.1 Å². The lowest BCUT2D eigenvalue weighted by molar-refractivity contribution is -0.268. The first kappa shape index (κ1) is 20.9. The topological polar surface area (TPSA) is 125 Å². The quantitative estimate of drug-likeness (QED) is 0.747. The van der Waals surface area contributed by atoms with Crippen LogP contribution in [0.2, 0.25) is 0 Å². The van der Waals surface area contributed by atoms with E-state index in [-0.39, 0.29) is 23.0 Å². The van der Waals surface area contributed by atoms with Gasteiger partial charge in [0.1, 0.15) is 11.8 Å². The van der Waals surface area contributed by atoms with E-state index in [2.05, 4.69) is 10.1 Å². The van der Waals surface area contributed by atoms with Gasteiger partial charge in [-0.25, -0.2) is 9.28 Å². The number of hydrogen-bond acceptors (Lipinski definition) is 7. The molecule has 156 valence electrons. The Morgan fingerprint density at radius 3 is 2.72 bits per heavy atom. The van der Waals surface area contributed by atoms with Gasteiger partial charge in [-0.05, 0) is 32.5 Å². The van der Waals surface area contributed by atoms with Crippen molar-refractivity contribution in [3.63, 3.8) is 0 Å². The fraction of sp³-hybridized carbons (Fsp3) is 0.500. The van der Waals surface area contributed by atoms with Crippen LogP contribution >= 0.6 is 0 Å². The van der Waals surface area contributed by atoms with Crippen molar-refractivity contribution in [2.45, 2.75) is 45.7 Å². The normalized spacial score (nSPS) is 23.5. The van der Waals surface area contributed by atoms with Crippen LogP contribution in [0.5, 0.6) is 0 Å².